The van der Waals surface area contributed by atoms with Crippen molar-refractivity contribution in [2.45, 2.75) is 71.4 Å². The number of likely N-dealkylation sites (tertiary alicyclic amines) is 1. The Morgan fingerprint density at radius 2 is 1.85 bits per heavy atom. The van der Waals surface area contributed by atoms with Crippen LogP contribution in [-0.2, 0) is 19.2 Å². The van der Waals surface area contributed by atoms with E-state index in [0.29, 0.717) is 12.8 Å². The van der Waals surface area contributed by atoms with Crippen LogP contribution >= 0.6 is 0 Å². The van der Waals surface area contributed by atoms with E-state index in [9.17, 15) is 28.0 Å². The monoisotopic (exact) mass is 390 g/mol. The first-order valence-electron chi connectivity index (χ1n) is 9.27. The summed E-state index contributed by atoms with van der Waals surface area (Å²) in [5, 5.41) is 11.6. The van der Waals surface area contributed by atoms with E-state index >= 15 is 0 Å². The zero-order chi connectivity index (χ0) is 20.7. The van der Waals surface area contributed by atoms with E-state index in [-0.39, 0.29) is 25.3 Å². The predicted molar refractivity (Wildman–Crippen MR) is 93.2 cm³/mol. The summed E-state index contributed by atoms with van der Waals surface area (Å²) < 4.78 is 27.2. The summed E-state index contributed by atoms with van der Waals surface area (Å²) in [6.07, 6.45) is -2.54. The summed E-state index contributed by atoms with van der Waals surface area (Å²) in [6, 6.07) is -2.15. The first kappa shape index (κ1) is 23.0. The molecule has 0 bridgehead atoms. The van der Waals surface area contributed by atoms with Gasteiger partial charge in [-0.2, -0.15) is 0 Å². The van der Waals surface area contributed by atoms with Crippen LogP contribution in [0.5, 0.6) is 0 Å². The van der Waals surface area contributed by atoms with Crippen molar-refractivity contribution >= 4 is 23.6 Å². The number of nitrogens with one attached hydrogen (secondary N) is 1. The average molecular weight is 390 g/mol. The quantitative estimate of drug-likeness (QED) is 0.592. The zero-order valence-electron chi connectivity index (χ0n) is 15.9. The highest BCUT2D eigenvalue weighted by molar-refractivity contribution is 5.94. The van der Waals surface area contributed by atoms with Crippen molar-refractivity contribution in [3.63, 3.8) is 0 Å². The Bertz CT molecular complexity index is 570. The molecule has 0 aromatic carbocycles. The van der Waals surface area contributed by atoms with Crippen molar-refractivity contribution in [1.29, 1.82) is 0 Å². The highest BCUT2D eigenvalue weighted by Gasteiger charge is 2.41. The minimum absolute atomic E-state index is 0.104. The Morgan fingerprint density at radius 1 is 1.22 bits per heavy atom. The first-order valence-corrected chi connectivity index (χ1v) is 9.27. The summed E-state index contributed by atoms with van der Waals surface area (Å²) >= 11 is 0. The Hall–Kier alpha value is -2.06. The lowest BCUT2D eigenvalue weighted by molar-refractivity contribution is -0.150. The molecule has 1 heterocycles. The minimum Gasteiger partial charge on any atom is -0.480 e. The van der Waals surface area contributed by atoms with Crippen molar-refractivity contribution in [1.82, 2.24) is 10.2 Å². The molecule has 154 valence electrons. The number of carbonyl (C=O) groups excluding carboxylic acids is 3. The van der Waals surface area contributed by atoms with Crippen LogP contribution < -0.4 is 5.32 Å². The van der Waals surface area contributed by atoms with Crippen molar-refractivity contribution in [3.8, 4) is 0 Å². The molecule has 2 N–H and O–H groups in total. The Kier molecular flexibility index (Phi) is 8.78. The zero-order valence-corrected chi connectivity index (χ0v) is 15.9. The fourth-order valence-corrected chi connectivity index (χ4v) is 3.18. The average Bonchev–Trinajstić information content (AvgIpc) is 3.12. The van der Waals surface area contributed by atoms with Gasteiger partial charge in [0.05, 0.1) is 12.0 Å². The number of carboxylic acid groups (broad SMARTS) is 1. The van der Waals surface area contributed by atoms with Crippen LogP contribution in [0.25, 0.3) is 0 Å². The molecule has 1 aliphatic heterocycles. The number of nitrogens with zero attached hydrogens (tertiary/aromatic N) is 1. The van der Waals surface area contributed by atoms with Gasteiger partial charge in [-0.25, -0.2) is 13.6 Å². The van der Waals surface area contributed by atoms with Gasteiger partial charge in [-0.15, -0.1) is 0 Å². The molecule has 1 fully saturated rings. The Labute approximate surface area is 157 Å². The van der Waals surface area contributed by atoms with Gasteiger partial charge in [-0.3, -0.25) is 14.4 Å². The van der Waals surface area contributed by atoms with E-state index in [1.54, 1.807) is 20.8 Å². The van der Waals surface area contributed by atoms with Crippen LogP contribution in [0.15, 0.2) is 0 Å². The molecule has 0 spiro atoms. The summed E-state index contributed by atoms with van der Waals surface area (Å²) in [6.45, 7) is 5.19. The number of hydrogen-bond acceptors (Lipinski definition) is 4. The van der Waals surface area contributed by atoms with Gasteiger partial charge in [0.1, 0.15) is 6.04 Å². The molecular formula is C18H28F2N2O5. The molecule has 1 rings (SSSR count). The van der Waals surface area contributed by atoms with Crippen LogP contribution in [0, 0.1) is 11.8 Å². The van der Waals surface area contributed by atoms with Crippen LogP contribution in [-0.4, -0.2) is 58.6 Å². The largest absolute Gasteiger partial charge is 0.480 e. The second-order valence-corrected chi connectivity index (χ2v) is 6.92. The lowest BCUT2D eigenvalue weighted by Crippen LogP contribution is -2.50. The number of ketones is 1. The van der Waals surface area contributed by atoms with E-state index in [2.05, 4.69) is 5.32 Å². The predicted octanol–water partition coefficient (Wildman–Crippen LogP) is 1.84. The topological polar surface area (TPSA) is 104 Å². The molecule has 0 saturated carbocycles. The number of halogens is 2. The van der Waals surface area contributed by atoms with E-state index in [0.717, 1.165) is 4.90 Å². The maximum absolute atomic E-state index is 13.6. The van der Waals surface area contributed by atoms with Gasteiger partial charge < -0.3 is 15.3 Å². The third kappa shape index (κ3) is 5.97. The van der Waals surface area contributed by atoms with E-state index in [1.807, 2.05) is 0 Å². The Morgan fingerprint density at radius 3 is 2.33 bits per heavy atom. The second-order valence-electron chi connectivity index (χ2n) is 6.92. The molecule has 0 aromatic rings. The molecule has 9 heteroatoms. The van der Waals surface area contributed by atoms with Crippen molar-refractivity contribution < 1.29 is 33.1 Å². The van der Waals surface area contributed by atoms with Gasteiger partial charge in [0.25, 0.3) is 0 Å². The molecule has 7 nitrogen and oxygen atoms in total. The SMILES string of the molecule is CCC(=O)NC(C(=O)C(CC(=O)N1CCC[C@H]1C(=O)O)C(F)F)C(C)CC. The van der Waals surface area contributed by atoms with Crippen LogP contribution in [0.3, 0.4) is 0 Å². The van der Waals surface area contributed by atoms with Gasteiger partial charge in [0.15, 0.2) is 5.78 Å². The van der Waals surface area contributed by atoms with Gasteiger partial charge in [-0.05, 0) is 18.8 Å². The standard InChI is InChI=1S/C18H28F2N2O5/c1-4-10(3)15(21-13(23)5-2)16(25)11(17(19)20)9-14(24)22-8-6-7-12(22)18(26)27/h10-12,15,17H,4-9H2,1-3H3,(H,21,23)(H,26,27)/t10?,11?,12-,15?/m0/s1. The molecule has 0 aliphatic carbocycles. The van der Waals surface area contributed by atoms with Gasteiger partial charge >= 0.3 is 5.97 Å². The van der Waals surface area contributed by atoms with E-state index in [1.165, 1.54) is 0 Å². The number of amides is 2. The number of hydrogen-bond donors (Lipinski definition) is 2. The summed E-state index contributed by atoms with van der Waals surface area (Å²) in [7, 11) is 0. The molecule has 1 saturated heterocycles. The van der Waals surface area contributed by atoms with Gasteiger partial charge in [0.2, 0.25) is 18.2 Å². The molecular weight excluding hydrogens is 362 g/mol. The molecule has 2 amide bonds. The number of rotatable bonds is 10. The maximum Gasteiger partial charge on any atom is 0.326 e. The fraction of sp³-hybridized carbons (Fsp3) is 0.778. The number of carboxylic acids is 1. The number of Topliss-reactive ketones (excluding diaryl/α,β-unsaturated/α-hetero) is 1. The van der Waals surface area contributed by atoms with Crippen LogP contribution in [0.1, 0.15) is 52.9 Å². The lowest BCUT2D eigenvalue weighted by atomic mass is 9.86. The molecule has 3 unspecified atom stereocenters. The molecule has 0 radical (unpaired) electrons. The maximum atomic E-state index is 13.6. The lowest BCUT2D eigenvalue weighted by Gasteiger charge is -2.28. The summed E-state index contributed by atoms with van der Waals surface area (Å²) in [5.74, 6) is -5.54. The fourth-order valence-electron chi connectivity index (χ4n) is 3.18. The van der Waals surface area contributed by atoms with Gasteiger partial charge in [-0.1, -0.05) is 27.2 Å². The van der Waals surface area contributed by atoms with E-state index in [4.69, 9.17) is 5.11 Å². The first-order chi connectivity index (χ1) is 12.6. The van der Waals surface area contributed by atoms with Crippen molar-refractivity contribution in [3.05, 3.63) is 0 Å². The molecule has 27 heavy (non-hydrogen) atoms. The highest BCUT2D eigenvalue weighted by atomic mass is 19.3. The second kappa shape index (κ2) is 10.3. The highest BCUT2D eigenvalue weighted by Crippen LogP contribution is 2.25. The van der Waals surface area contributed by atoms with Crippen molar-refractivity contribution in [2.75, 3.05) is 6.54 Å². The smallest absolute Gasteiger partial charge is 0.326 e. The van der Waals surface area contributed by atoms with Gasteiger partial charge in [0, 0.05) is 19.4 Å². The number of aliphatic carboxylic acids is 1. The summed E-state index contributed by atoms with van der Waals surface area (Å²) in [4.78, 5) is 49.1. The Balaban J connectivity index is 2.97. The molecule has 0 aromatic heterocycles. The number of alkyl halides is 2. The van der Waals surface area contributed by atoms with E-state index < -0.39 is 54.4 Å². The van der Waals surface area contributed by atoms with Crippen LogP contribution in [0.2, 0.25) is 0 Å². The minimum atomic E-state index is -3.09. The van der Waals surface area contributed by atoms with Crippen LogP contribution in [0.4, 0.5) is 8.78 Å². The number of carbonyl (C=O) groups is 4. The molecule has 1 aliphatic rings. The van der Waals surface area contributed by atoms with Crippen molar-refractivity contribution in [2.24, 2.45) is 11.8 Å². The normalized spacial score (nSPS) is 20.2. The third-order valence-corrected chi connectivity index (χ3v) is 5.08. The summed E-state index contributed by atoms with van der Waals surface area (Å²) in [5.41, 5.74) is 0. The molecule has 4 atom stereocenters. The third-order valence-electron chi connectivity index (χ3n) is 5.08.